The molecule has 0 fully saturated rings. The van der Waals surface area contributed by atoms with Gasteiger partial charge in [-0.15, -0.1) is 0 Å². The molecule has 0 rings (SSSR count). The summed E-state index contributed by atoms with van der Waals surface area (Å²) in [7, 11) is 0. The summed E-state index contributed by atoms with van der Waals surface area (Å²) in [6, 6.07) is 0. The fourth-order valence-corrected chi connectivity index (χ4v) is 7.81. The standard InChI is InChI=1S/C57H102O6/c1-4-7-10-13-16-19-22-25-27-28-29-30-33-35-38-41-44-47-50-56(59)62-53-54(52-61-55(58)49-46-43-40-37-34-31-24-21-18-15-12-9-6-3)63-57(60)51-48-45-42-39-36-32-26-23-20-17-14-11-8-5-2/h16,19,22,25,27-30,54H,4-15,17-18,20-21,23-24,26,31-53H2,1-3H3/b19-16-,25-22-,28-27-,30-29-. The number of rotatable bonds is 49. The normalized spacial score (nSPS) is 12.4. The van der Waals surface area contributed by atoms with Crippen molar-refractivity contribution in [3.8, 4) is 0 Å². The minimum atomic E-state index is -0.778. The number of hydrogen-bond acceptors (Lipinski definition) is 6. The van der Waals surface area contributed by atoms with Crippen molar-refractivity contribution < 1.29 is 28.6 Å². The Balaban J connectivity index is 4.39. The number of esters is 3. The molecular formula is C57H102O6. The van der Waals surface area contributed by atoms with Crippen molar-refractivity contribution in [3.05, 3.63) is 48.6 Å². The lowest BCUT2D eigenvalue weighted by atomic mass is 10.0. The highest BCUT2D eigenvalue weighted by Gasteiger charge is 2.19. The van der Waals surface area contributed by atoms with Crippen LogP contribution in [0.4, 0.5) is 0 Å². The van der Waals surface area contributed by atoms with Crippen molar-refractivity contribution in [2.75, 3.05) is 13.2 Å². The molecule has 0 aromatic rings. The monoisotopic (exact) mass is 883 g/mol. The van der Waals surface area contributed by atoms with Gasteiger partial charge in [-0.25, -0.2) is 0 Å². The number of allylic oxidation sites excluding steroid dienone is 8. The number of ether oxygens (including phenoxy) is 3. The first kappa shape index (κ1) is 60.4. The van der Waals surface area contributed by atoms with Crippen molar-refractivity contribution in [2.24, 2.45) is 0 Å². The molecule has 0 aliphatic heterocycles. The van der Waals surface area contributed by atoms with E-state index in [-0.39, 0.29) is 31.1 Å². The van der Waals surface area contributed by atoms with E-state index in [2.05, 4.69) is 69.4 Å². The van der Waals surface area contributed by atoms with Crippen LogP contribution in [0.1, 0.15) is 278 Å². The lowest BCUT2D eigenvalue weighted by Gasteiger charge is -2.18. The van der Waals surface area contributed by atoms with Gasteiger partial charge in [0.1, 0.15) is 13.2 Å². The van der Waals surface area contributed by atoms with E-state index >= 15 is 0 Å². The highest BCUT2D eigenvalue weighted by Crippen LogP contribution is 2.16. The summed E-state index contributed by atoms with van der Waals surface area (Å²) in [6.07, 6.45) is 62.3. The van der Waals surface area contributed by atoms with E-state index < -0.39 is 6.10 Å². The largest absolute Gasteiger partial charge is 0.462 e. The van der Waals surface area contributed by atoms with Gasteiger partial charge in [-0.3, -0.25) is 14.4 Å². The Kier molecular flexibility index (Phi) is 49.8. The quantitative estimate of drug-likeness (QED) is 0.0262. The molecule has 63 heavy (non-hydrogen) atoms. The average Bonchev–Trinajstić information content (AvgIpc) is 3.28. The third kappa shape index (κ3) is 50.2. The minimum Gasteiger partial charge on any atom is -0.462 e. The lowest BCUT2D eigenvalue weighted by molar-refractivity contribution is -0.167. The molecule has 0 amide bonds. The lowest BCUT2D eigenvalue weighted by Crippen LogP contribution is -2.30. The molecule has 0 N–H and O–H groups in total. The van der Waals surface area contributed by atoms with E-state index in [4.69, 9.17) is 14.2 Å². The second-order valence-electron chi connectivity index (χ2n) is 18.2. The first-order chi connectivity index (χ1) is 31.0. The molecule has 0 aliphatic rings. The van der Waals surface area contributed by atoms with Crippen LogP contribution in [0, 0.1) is 0 Å². The van der Waals surface area contributed by atoms with Crippen LogP contribution in [0.15, 0.2) is 48.6 Å². The Morgan fingerprint density at radius 3 is 0.921 bits per heavy atom. The summed E-state index contributed by atoms with van der Waals surface area (Å²) in [4.78, 5) is 38.0. The molecular weight excluding hydrogens is 781 g/mol. The molecule has 0 aliphatic carbocycles. The molecule has 0 aromatic heterocycles. The fraction of sp³-hybridized carbons (Fsp3) is 0.807. The van der Waals surface area contributed by atoms with Crippen LogP contribution in [0.25, 0.3) is 0 Å². The van der Waals surface area contributed by atoms with Crippen LogP contribution >= 0.6 is 0 Å². The van der Waals surface area contributed by atoms with Crippen molar-refractivity contribution in [3.63, 3.8) is 0 Å². The van der Waals surface area contributed by atoms with Crippen LogP contribution in [0.5, 0.6) is 0 Å². The highest BCUT2D eigenvalue weighted by molar-refractivity contribution is 5.71. The summed E-state index contributed by atoms with van der Waals surface area (Å²) in [6.45, 7) is 6.60. The summed E-state index contributed by atoms with van der Waals surface area (Å²) < 4.78 is 16.8. The van der Waals surface area contributed by atoms with Crippen LogP contribution in [0.3, 0.4) is 0 Å². The van der Waals surface area contributed by atoms with Crippen LogP contribution < -0.4 is 0 Å². The number of hydrogen-bond donors (Lipinski definition) is 0. The van der Waals surface area contributed by atoms with E-state index in [1.54, 1.807) is 0 Å². The predicted octanol–water partition coefficient (Wildman–Crippen LogP) is 17.9. The minimum absolute atomic E-state index is 0.0769. The number of carbonyl (C=O) groups is 3. The van der Waals surface area contributed by atoms with Crippen molar-refractivity contribution >= 4 is 17.9 Å². The molecule has 1 atom stereocenters. The van der Waals surface area contributed by atoms with E-state index in [0.717, 1.165) is 83.5 Å². The second-order valence-corrected chi connectivity index (χ2v) is 18.2. The smallest absolute Gasteiger partial charge is 0.306 e. The first-order valence-corrected chi connectivity index (χ1v) is 27.2. The first-order valence-electron chi connectivity index (χ1n) is 27.2. The molecule has 0 aromatic carbocycles. The van der Waals surface area contributed by atoms with Gasteiger partial charge in [-0.2, -0.15) is 0 Å². The zero-order valence-corrected chi connectivity index (χ0v) is 41.8. The van der Waals surface area contributed by atoms with E-state index in [0.29, 0.717) is 19.3 Å². The molecule has 0 bridgehead atoms. The summed E-state index contributed by atoms with van der Waals surface area (Å²) >= 11 is 0. The average molecular weight is 883 g/mol. The Bertz CT molecular complexity index is 1110. The predicted molar refractivity (Wildman–Crippen MR) is 270 cm³/mol. The fourth-order valence-electron chi connectivity index (χ4n) is 7.81. The van der Waals surface area contributed by atoms with E-state index in [1.807, 2.05) is 0 Å². The maximum Gasteiger partial charge on any atom is 0.306 e. The number of unbranched alkanes of at least 4 members (excludes halogenated alkanes) is 33. The Hall–Kier alpha value is -2.63. The molecule has 6 nitrogen and oxygen atoms in total. The summed E-state index contributed by atoms with van der Waals surface area (Å²) in [5.41, 5.74) is 0. The van der Waals surface area contributed by atoms with Gasteiger partial charge in [0, 0.05) is 19.3 Å². The topological polar surface area (TPSA) is 78.9 Å². The summed E-state index contributed by atoms with van der Waals surface area (Å²) in [5, 5.41) is 0. The van der Waals surface area contributed by atoms with Crippen LogP contribution in [-0.4, -0.2) is 37.2 Å². The highest BCUT2D eigenvalue weighted by atomic mass is 16.6. The Morgan fingerprint density at radius 2 is 0.571 bits per heavy atom. The van der Waals surface area contributed by atoms with Crippen molar-refractivity contribution in [1.82, 2.24) is 0 Å². The zero-order chi connectivity index (χ0) is 45.8. The molecule has 0 spiro atoms. The van der Waals surface area contributed by atoms with Gasteiger partial charge >= 0.3 is 17.9 Å². The molecule has 0 saturated heterocycles. The second kappa shape index (κ2) is 52.0. The van der Waals surface area contributed by atoms with E-state index in [1.165, 1.54) is 154 Å². The maximum atomic E-state index is 12.8. The molecule has 366 valence electrons. The van der Waals surface area contributed by atoms with Crippen molar-refractivity contribution in [1.29, 1.82) is 0 Å². The molecule has 0 heterocycles. The van der Waals surface area contributed by atoms with Crippen LogP contribution in [-0.2, 0) is 28.6 Å². The van der Waals surface area contributed by atoms with E-state index in [9.17, 15) is 14.4 Å². The SMILES string of the molecule is CCCCC\C=C/C=C\C=C/C=C\CCCCCCCC(=O)OCC(COC(=O)CCCCCCCCCCCCCCC)OC(=O)CCCCCCCCCCCCCCCC. The zero-order valence-electron chi connectivity index (χ0n) is 41.8. The van der Waals surface area contributed by atoms with Gasteiger partial charge in [0.2, 0.25) is 0 Å². The van der Waals surface area contributed by atoms with Gasteiger partial charge in [0.25, 0.3) is 0 Å². The van der Waals surface area contributed by atoms with Crippen molar-refractivity contribution in [2.45, 2.75) is 284 Å². The van der Waals surface area contributed by atoms with Gasteiger partial charge in [-0.05, 0) is 44.9 Å². The van der Waals surface area contributed by atoms with Gasteiger partial charge in [-0.1, -0.05) is 262 Å². The summed E-state index contributed by atoms with van der Waals surface area (Å²) in [5.74, 6) is -0.888. The molecule has 6 heteroatoms. The number of carbonyl (C=O) groups excluding carboxylic acids is 3. The molecule has 1 unspecified atom stereocenters. The van der Waals surface area contributed by atoms with Gasteiger partial charge in [0.15, 0.2) is 6.10 Å². The Labute approximate surface area is 390 Å². The van der Waals surface area contributed by atoms with Gasteiger partial charge in [0.05, 0.1) is 0 Å². The molecule has 0 saturated carbocycles. The van der Waals surface area contributed by atoms with Gasteiger partial charge < -0.3 is 14.2 Å². The Morgan fingerprint density at radius 1 is 0.317 bits per heavy atom. The third-order valence-electron chi connectivity index (χ3n) is 11.9. The maximum absolute atomic E-state index is 12.8. The third-order valence-corrected chi connectivity index (χ3v) is 11.9. The van der Waals surface area contributed by atoms with Crippen LogP contribution in [0.2, 0.25) is 0 Å². The molecule has 0 radical (unpaired) electrons.